The molecule has 0 radical (unpaired) electrons. The maximum atomic E-state index is 12.9. The molecule has 0 aromatic carbocycles. The molecule has 3 aromatic rings. The smallest absolute Gasteiger partial charge is 0.270 e. The molecule has 7 nitrogen and oxygen atoms in total. The Morgan fingerprint density at radius 2 is 2.12 bits per heavy atom. The zero-order valence-electron chi connectivity index (χ0n) is 14.7. The van der Waals surface area contributed by atoms with Crippen molar-refractivity contribution in [2.75, 3.05) is 32.8 Å². The van der Waals surface area contributed by atoms with Gasteiger partial charge in [-0.15, -0.1) is 0 Å². The van der Waals surface area contributed by atoms with Crippen molar-refractivity contribution in [2.24, 2.45) is 0 Å². The van der Waals surface area contributed by atoms with Crippen LogP contribution in [0.2, 0.25) is 0 Å². The second-order valence-corrected chi connectivity index (χ2v) is 6.36. The number of fused-ring (bicyclic) bond motifs is 1. The first kappa shape index (κ1) is 16.8. The van der Waals surface area contributed by atoms with Gasteiger partial charge in [0.15, 0.2) is 0 Å². The van der Waals surface area contributed by atoms with E-state index in [0.717, 1.165) is 30.2 Å². The molecule has 26 heavy (non-hydrogen) atoms. The number of aromatic nitrogens is 2. The molecule has 1 amide bonds. The number of aryl methyl sites for hydroxylation is 1. The van der Waals surface area contributed by atoms with Gasteiger partial charge in [-0.05, 0) is 31.2 Å². The van der Waals surface area contributed by atoms with Crippen molar-refractivity contribution in [1.29, 1.82) is 0 Å². The lowest BCUT2D eigenvalue weighted by Crippen LogP contribution is -2.43. The van der Waals surface area contributed by atoms with Crippen molar-refractivity contribution in [3.8, 4) is 0 Å². The first-order valence-corrected chi connectivity index (χ1v) is 8.81. The summed E-state index contributed by atoms with van der Waals surface area (Å²) in [5, 5.41) is 3.06. The molecule has 0 unspecified atom stereocenters. The number of nitrogens with zero attached hydrogens (tertiary/aromatic N) is 3. The van der Waals surface area contributed by atoms with Crippen LogP contribution in [0, 0.1) is 6.92 Å². The molecule has 0 bridgehead atoms. The number of carbonyl (C=O) groups is 1. The molecule has 1 N–H and O–H groups in total. The summed E-state index contributed by atoms with van der Waals surface area (Å²) < 4.78 is 12.9. The van der Waals surface area contributed by atoms with Crippen LogP contribution in [0.15, 0.2) is 47.2 Å². The minimum absolute atomic E-state index is 0.0164. The quantitative estimate of drug-likeness (QED) is 0.759. The summed E-state index contributed by atoms with van der Waals surface area (Å²) in [6.07, 6.45) is 3.52. The highest BCUT2D eigenvalue weighted by Crippen LogP contribution is 2.22. The van der Waals surface area contributed by atoms with E-state index in [1.807, 2.05) is 47.9 Å². The number of carbonyl (C=O) groups excluding carboxylic acids is 1. The van der Waals surface area contributed by atoms with Gasteiger partial charge in [0.2, 0.25) is 0 Å². The first-order chi connectivity index (χ1) is 12.7. The van der Waals surface area contributed by atoms with Crippen LogP contribution in [-0.4, -0.2) is 53.0 Å². The number of hydrogen-bond donors (Lipinski definition) is 1. The minimum Gasteiger partial charge on any atom is -0.468 e. The second-order valence-electron chi connectivity index (χ2n) is 6.36. The Morgan fingerprint density at radius 3 is 2.88 bits per heavy atom. The summed E-state index contributed by atoms with van der Waals surface area (Å²) >= 11 is 0. The van der Waals surface area contributed by atoms with Crippen molar-refractivity contribution in [3.63, 3.8) is 0 Å². The monoisotopic (exact) mass is 354 g/mol. The van der Waals surface area contributed by atoms with Gasteiger partial charge < -0.3 is 14.5 Å². The van der Waals surface area contributed by atoms with Crippen LogP contribution in [-0.2, 0) is 4.74 Å². The van der Waals surface area contributed by atoms with Crippen molar-refractivity contribution in [1.82, 2.24) is 19.6 Å². The van der Waals surface area contributed by atoms with Gasteiger partial charge in [-0.2, -0.15) is 0 Å². The lowest BCUT2D eigenvalue weighted by molar-refractivity contribution is 0.0118. The molecule has 4 heterocycles. The van der Waals surface area contributed by atoms with Gasteiger partial charge in [0.1, 0.15) is 17.1 Å². The molecule has 1 atom stereocenters. The fourth-order valence-corrected chi connectivity index (χ4v) is 3.44. The molecule has 0 aliphatic carbocycles. The van der Waals surface area contributed by atoms with Gasteiger partial charge in [-0.25, -0.2) is 4.98 Å². The van der Waals surface area contributed by atoms with Crippen LogP contribution in [0.3, 0.4) is 0 Å². The van der Waals surface area contributed by atoms with Crippen LogP contribution in [0.1, 0.15) is 28.0 Å². The standard InChI is InChI=1S/C19H22N4O3/c1-14-18(23-7-3-2-6-17(23)21-14)19(24)20-13-15(16-5-4-10-26-16)22-8-11-25-12-9-22/h2-7,10,15H,8-9,11-13H2,1H3,(H,20,24)/t15-/m0/s1. The summed E-state index contributed by atoms with van der Waals surface area (Å²) in [6.45, 7) is 5.33. The third-order valence-electron chi connectivity index (χ3n) is 4.73. The van der Waals surface area contributed by atoms with E-state index in [9.17, 15) is 4.79 Å². The highest BCUT2D eigenvalue weighted by Gasteiger charge is 2.26. The van der Waals surface area contributed by atoms with Crippen LogP contribution in [0.4, 0.5) is 0 Å². The molecule has 0 saturated carbocycles. The molecule has 136 valence electrons. The molecule has 3 aromatic heterocycles. The highest BCUT2D eigenvalue weighted by molar-refractivity contribution is 5.94. The lowest BCUT2D eigenvalue weighted by atomic mass is 10.1. The van der Waals surface area contributed by atoms with E-state index in [-0.39, 0.29) is 11.9 Å². The summed E-state index contributed by atoms with van der Waals surface area (Å²) in [7, 11) is 0. The first-order valence-electron chi connectivity index (χ1n) is 8.81. The maximum Gasteiger partial charge on any atom is 0.270 e. The fourth-order valence-electron chi connectivity index (χ4n) is 3.44. The van der Waals surface area contributed by atoms with E-state index >= 15 is 0 Å². The molecular weight excluding hydrogens is 332 g/mol. The Morgan fingerprint density at radius 1 is 1.27 bits per heavy atom. The van der Waals surface area contributed by atoms with Crippen molar-refractivity contribution >= 4 is 11.6 Å². The lowest BCUT2D eigenvalue weighted by Gasteiger charge is -2.33. The number of rotatable bonds is 5. The normalized spacial score (nSPS) is 16.7. The number of furan rings is 1. The number of morpholine rings is 1. The number of nitrogens with one attached hydrogen (secondary N) is 1. The molecule has 1 aliphatic heterocycles. The topological polar surface area (TPSA) is 72.0 Å². The van der Waals surface area contributed by atoms with Crippen LogP contribution < -0.4 is 5.32 Å². The van der Waals surface area contributed by atoms with E-state index in [1.54, 1.807) is 6.26 Å². The molecule has 4 rings (SSSR count). The van der Waals surface area contributed by atoms with Gasteiger partial charge in [-0.1, -0.05) is 6.07 Å². The number of hydrogen-bond acceptors (Lipinski definition) is 5. The molecule has 7 heteroatoms. The van der Waals surface area contributed by atoms with Gasteiger partial charge >= 0.3 is 0 Å². The Balaban J connectivity index is 1.53. The van der Waals surface area contributed by atoms with Gasteiger partial charge in [0.25, 0.3) is 5.91 Å². The van der Waals surface area contributed by atoms with Crippen LogP contribution >= 0.6 is 0 Å². The average molecular weight is 354 g/mol. The summed E-state index contributed by atoms with van der Waals surface area (Å²) in [6, 6.07) is 9.50. The summed E-state index contributed by atoms with van der Waals surface area (Å²) in [5.41, 5.74) is 2.06. The predicted octanol–water partition coefficient (Wildman–Crippen LogP) is 2.04. The van der Waals surface area contributed by atoms with E-state index in [0.29, 0.717) is 25.5 Å². The van der Waals surface area contributed by atoms with E-state index in [4.69, 9.17) is 9.15 Å². The van der Waals surface area contributed by atoms with E-state index in [1.165, 1.54) is 0 Å². The SMILES string of the molecule is Cc1nc2ccccn2c1C(=O)NC[C@@H](c1ccco1)N1CCOCC1. The Bertz CT molecular complexity index is 881. The average Bonchev–Trinajstić information content (AvgIpc) is 3.29. The Labute approximate surface area is 151 Å². The summed E-state index contributed by atoms with van der Waals surface area (Å²) in [4.78, 5) is 19.6. The molecule has 1 fully saturated rings. The largest absolute Gasteiger partial charge is 0.468 e. The Hall–Kier alpha value is -2.64. The van der Waals surface area contributed by atoms with Gasteiger partial charge in [0, 0.05) is 25.8 Å². The molecular formula is C19H22N4O3. The van der Waals surface area contributed by atoms with Gasteiger partial charge in [0.05, 0.1) is 31.2 Å². The zero-order chi connectivity index (χ0) is 17.9. The van der Waals surface area contributed by atoms with E-state index < -0.39 is 0 Å². The van der Waals surface area contributed by atoms with Crippen molar-refractivity contribution in [3.05, 3.63) is 59.9 Å². The number of pyridine rings is 1. The fraction of sp³-hybridized carbons (Fsp3) is 0.368. The van der Waals surface area contributed by atoms with Crippen LogP contribution in [0.25, 0.3) is 5.65 Å². The predicted molar refractivity (Wildman–Crippen MR) is 96.1 cm³/mol. The van der Waals surface area contributed by atoms with Crippen LogP contribution in [0.5, 0.6) is 0 Å². The zero-order valence-corrected chi connectivity index (χ0v) is 14.7. The molecule has 0 spiro atoms. The number of ether oxygens (including phenoxy) is 1. The third kappa shape index (κ3) is 3.23. The minimum atomic E-state index is -0.133. The molecule has 1 aliphatic rings. The summed E-state index contributed by atoms with van der Waals surface area (Å²) in [5.74, 6) is 0.716. The van der Waals surface area contributed by atoms with E-state index in [2.05, 4.69) is 15.2 Å². The Kier molecular flexibility index (Phi) is 4.73. The van der Waals surface area contributed by atoms with Crippen molar-refractivity contribution in [2.45, 2.75) is 13.0 Å². The number of imidazole rings is 1. The molecule has 1 saturated heterocycles. The second kappa shape index (κ2) is 7.31. The van der Waals surface area contributed by atoms with Crippen molar-refractivity contribution < 1.29 is 13.9 Å². The highest BCUT2D eigenvalue weighted by atomic mass is 16.5. The van der Waals surface area contributed by atoms with Gasteiger partial charge in [-0.3, -0.25) is 14.1 Å². The number of amides is 1. The maximum absolute atomic E-state index is 12.9. The third-order valence-corrected chi connectivity index (χ3v) is 4.73.